The van der Waals surface area contributed by atoms with E-state index >= 15 is 0 Å². The fourth-order valence-electron chi connectivity index (χ4n) is 2.78. The van der Waals surface area contributed by atoms with Crippen LogP contribution < -0.4 is 21.1 Å². The number of hydrogen-bond acceptors (Lipinski definition) is 7. The van der Waals surface area contributed by atoms with Crippen LogP contribution in [0, 0.1) is 0 Å². The number of guanidine groups is 1. The summed E-state index contributed by atoms with van der Waals surface area (Å²) in [7, 11) is 0. The molecule has 9 nitrogen and oxygen atoms in total. The van der Waals surface area contributed by atoms with E-state index < -0.39 is 11.4 Å². The van der Waals surface area contributed by atoms with E-state index in [0.717, 1.165) is 5.56 Å². The first kappa shape index (κ1) is 19.6. The molecule has 10 heteroatoms. The van der Waals surface area contributed by atoms with E-state index in [-0.39, 0.29) is 29.9 Å². The van der Waals surface area contributed by atoms with Crippen molar-refractivity contribution in [3.63, 3.8) is 0 Å². The van der Waals surface area contributed by atoms with E-state index in [9.17, 15) is 9.59 Å². The first-order valence-corrected chi connectivity index (χ1v) is 9.01. The number of rotatable bonds is 6. The molecule has 1 aromatic carbocycles. The second-order valence-corrected chi connectivity index (χ2v) is 6.69. The molecule has 146 valence electrons. The van der Waals surface area contributed by atoms with Crippen molar-refractivity contribution >= 4 is 35.1 Å². The molecular formula is C18H19ClN6O3. The number of nitrogens with one attached hydrogen (secondary N) is 2. The van der Waals surface area contributed by atoms with Gasteiger partial charge in [-0.25, -0.2) is 15.0 Å². The molecule has 0 spiro atoms. The maximum atomic E-state index is 12.4. The van der Waals surface area contributed by atoms with Crippen molar-refractivity contribution in [1.29, 1.82) is 0 Å². The lowest BCUT2D eigenvalue weighted by molar-refractivity contribution is -0.121. The van der Waals surface area contributed by atoms with Crippen molar-refractivity contribution in [2.24, 2.45) is 10.7 Å². The fraction of sp³-hybridized carbons (Fsp3) is 0.278. The number of ether oxygens (including phenoxy) is 1. The lowest BCUT2D eigenvalue weighted by Gasteiger charge is -2.29. The third-order valence-electron chi connectivity index (χ3n) is 4.07. The molecule has 1 atom stereocenters. The van der Waals surface area contributed by atoms with Crippen LogP contribution in [0.3, 0.4) is 0 Å². The van der Waals surface area contributed by atoms with Gasteiger partial charge in [0, 0.05) is 5.69 Å². The Bertz CT molecular complexity index is 918. The number of benzene rings is 1. The normalized spacial score (nSPS) is 18.8. The van der Waals surface area contributed by atoms with E-state index in [0.29, 0.717) is 18.2 Å². The second kappa shape index (κ2) is 8.22. The third kappa shape index (κ3) is 4.55. The van der Waals surface area contributed by atoms with Gasteiger partial charge >= 0.3 is 0 Å². The van der Waals surface area contributed by atoms with Crippen LogP contribution in [0.2, 0.25) is 0 Å². The highest BCUT2D eigenvalue weighted by molar-refractivity contribution is 6.18. The first-order chi connectivity index (χ1) is 13.4. The minimum absolute atomic E-state index is 0.0694. The van der Waals surface area contributed by atoms with E-state index in [4.69, 9.17) is 22.1 Å². The maximum Gasteiger partial charge on any atom is 0.275 e. The topological polar surface area (TPSA) is 132 Å². The van der Waals surface area contributed by atoms with Crippen molar-refractivity contribution < 1.29 is 14.3 Å². The summed E-state index contributed by atoms with van der Waals surface area (Å²) in [6.45, 7) is 2.11. The molecule has 1 unspecified atom stereocenters. The molecule has 0 radical (unpaired) electrons. The van der Waals surface area contributed by atoms with Gasteiger partial charge in [0.2, 0.25) is 11.8 Å². The SMILES string of the molecule is CC1(c2cccc(NC(=O)c3cnc(OCCCl)cn3)c2)CC(=O)NC(N)=N1. The van der Waals surface area contributed by atoms with Crippen molar-refractivity contribution in [3.05, 3.63) is 47.9 Å². The van der Waals surface area contributed by atoms with E-state index in [1.807, 2.05) is 13.0 Å². The summed E-state index contributed by atoms with van der Waals surface area (Å²) in [5, 5.41) is 5.23. The Morgan fingerprint density at radius 2 is 2.21 bits per heavy atom. The highest BCUT2D eigenvalue weighted by atomic mass is 35.5. The number of aromatic nitrogens is 2. The van der Waals surface area contributed by atoms with Crippen LogP contribution in [0.15, 0.2) is 41.7 Å². The van der Waals surface area contributed by atoms with Crippen LogP contribution in [0.1, 0.15) is 29.4 Å². The minimum atomic E-state index is -0.811. The van der Waals surface area contributed by atoms with Gasteiger partial charge in [-0.05, 0) is 24.6 Å². The fourth-order valence-corrected chi connectivity index (χ4v) is 2.85. The summed E-state index contributed by atoms with van der Waals surface area (Å²) < 4.78 is 5.23. The molecule has 28 heavy (non-hydrogen) atoms. The van der Waals surface area contributed by atoms with E-state index in [2.05, 4.69) is 25.6 Å². The monoisotopic (exact) mass is 402 g/mol. The zero-order valence-electron chi connectivity index (χ0n) is 15.1. The van der Waals surface area contributed by atoms with Crippen molar-refractivity contribution in [3.8, 4) is 5.88 Å². The van der Waals surface area contributed by atoms with Gasteiger partial charge in [0.1, 0.15) is 12.3 Å². The number of anilines is 1. The summed E-state index contributed by atoms with van der Waals surface area (Å²) in [6.07, 6.45) is 2.83. The molecule has 0 saturated heterocycles. The Morgan fingerprint density at radius 3 is 2.89 bits per heavy atom. The average molecular weight is 403 g/mol. The summed E-state index contributed by atoms with van der Waals surface area (Å²) in [6, 6.07) is 7.07. The van der Waals surface area contributed by atoms with Crippen molar-refractivity contribution in [1.82, 2.24) is 15.3 Å². The Labute approximate surface area is 166 Å². The van der Waals surface area contributed by atoms with E-state index in [1.165, 1.54) is 12.4 Å². The van der Waals surface area contributed by atoms with Crippen LogP contribution in [0.4, 0.5) is 5.69 Å². The van der Waals surface area contributed by atoms with Gasteiger partial charge in [-0.3, -0.25) is 14.9 Å². The number of nitrogens with two attached hydrogens (primary N) is 1. The summed E-state index contributed by atoms with van der Waals surface area (Å²) in [4.78, 5) is 36.7. The zero-order valence-corrected chi connectivity index (χ0v) is 15.9. The third-order valence-corrected chi connectivity index (χ3v) is 4.22. The molecular weight excluding hydrogens is 384 g/mol. The summed E-state index contributed by atoms with van der Waals surface area (Å²) in [5.41, 5.74) is 6.30. The van der Waals surface area contributed by atoms with Gasteiger partial charge in [0.15, 0.2) is 5.96 Å². The molecule has 1 aromatic heterocycles. The number of aliphatic imine (C=N–C) groups is 1. The predicted molar refractivity (Wildman–Crippen MR) is 104 cm³/mol. The van der Waals surface area contributed by atoms with Crippen molar-refractivity contribution in [2.45, 2.75) is 18.9 Å². The van der Waals surface area contributed by atoms with Crippen LogP contribution in [-0.2, 0) is 10.3 Å². The molecule has 2 heterocycles. The number of carbonyl (C=O) groups is 2. The quantitative estimate of drug-likeness (QED) is 0.626. The number of alkyl halides is 1. The summed E-state index contributed by atoms with van der Waals surface area (Å²) in [5.74, 6) is 0.0497. The standard InChI is InChI=1S/C18H19ClN6O3/c1-18(8-14(26)24-17(20)25-18)11-3-2-4-12(7-11)23-16(27)13-9-22-15(10-21-13)28-6-5-19/h2-4,7,9-10H,5-6,8H2,1H3,(H,23,27)(H3,20,24,25,26). The van der Waals surface area contributed by atoms with Gasteiger partial charge in [-0.1, -0.05) is 12.1 Å². The highest BCUT2D eigenvalue weighted by Gasteiger charge is 2.33. The predicted octanol–water partition coefficient (Wildman–Crippen LogP) is 1.40. The zero-order chi connectivity index (χ0) is 20.1. The van der Waals surface area contributed by atoms with Crippen LogP contribution in [0.25, 0.3) is 0 Å². The average Bonchev–Trinajstić information content (AvgIpc) is 2.66. The van der Waals surface area contributed by atoms with Crippen LogP contribution >= 0.6 is 11.6 Å². The second-order valence-electron chi connectivity index (χ2n) is 6.31. The number of hydrogen-bond donors (Lipinski definition) is 3. The van der Waals surface area contributed by atoms with Gasteiger partial charge in [-0.15, -0.1) is 11.6 Å². The molecule has 3 rings (SSSR count). The van der Waals surface area contributed by atoms with E-state index in [1.54, 1.807) is 18.2 Å². The van der Waals surface area contributed by atoms with Crippen LogP contribution in [0.5, 0.6) is 5.88 Å². The molecule has 0 aliphatic carbocycles. The molecule has 4 N–H and O–H groups in total. The number of amides is 2. The summed E-state index contributed by atoms with van der Waals surface area (Å²) >= 11 is 5.54. The lowest BCUT2D eigenvalue weighted by atomic mass is 9.87. The number of nitrogens with zero attached hydrogens (tertiary/aromatic N) is 3. The van der Waals surface area contributed by atoms with Gasteiger partial charge in [0.25, 0.3) is 5.91 Å². The molecule has 0 saturated carbocycles. The minimum Gasteiger partial charge on any atom is -0.475 e. The van der Waals surface area contributed by atoms with Crippen LogP contribution in [-0.4, -0.2) is 40.2 Å². The largest absolute Gasteiger partial charge is 0.475 e. The molecule has 0 bridgehead atoms. The van der Waals surface area contributed by atoms with Gasteiger partial charge in [0.05, 0.1) is 30.2 Å². The van der Waals surface area contributed by atoms with Gasteiger partial charge in [-0.2, -0.15) is 0 Å². The first-order valence-electron chi connectivity index (χ1n) is 8.47. The Kier molecular flexibility index (Phi) is 5.74. The molecule has 2 aromatic rings. The van der Waals surface area contributed by atoms with Gasteiger partial charge < -0.3 is 15.8 Å². The maximum absolute atomic E-state index is 12.4. The van der Waals surface area contributed by atoms with Crippen molar-refractivity contribution in [2.75, 3.05) is 17.8 Å². The Hall–Kier alpha value is -3.20. The Morgan fingerprint density at radius 1 is 1.39 bits per heavy atom. The number of halogens is 1. The highest BCUT2D eigenvalue weighted by Crippen LogP contribution is 2.32. The molecule has 1 aliphatic heterocycles. The smallest absolute Gasteiger partial charge is 0.275 e. The Balaban J connectivity index is 1.75. The molecule has 0 fully saturated rings. The molecule has 1 aliphatic rings. The lowest BCUT2D eigenvalue weighted by Crippen LogP contribution is -2.46. The molecule has 2 amide bonds. The number of carbonyl (C=O) groups excluding carboxylic acids is 2.